The molecule has 0 fully saturated rings. The SMILES string of the molecule is CC(C)N(Cc1ccccc1)c1cccc(C(N)=S)n1. The van der Waals surface area contributed by atoms with E-state index in [2.05, 4.69) is 35.9 Å². The van der Waals surface area contributed by atoms with Crippen molar-refractivity contribution in [2.45, 2.75) is 26.4 Å². The van der Waals surface area contributed by atoms with Gasteiger partial charge in [0, 0.05) is 12.6 Å². The van der Waals surface area contributed by atoms with Crippen molar-refractivity contribution in [2.24, 2.45) is 5.73 Å². The molecule has 3 nitrogen and oxygen atoms in total. The predicted molar refractivity (Wildman–Crippen MR) is 87.9 cm³/mol. The van der Waals surface area contributed by atoms with Crippen LogP contribution in [-0.4, -0.2) is 16.0 Å². The Morgan fingerprint density at radius 1 is 1.15 bits per heavy atom. The van der Waals surface area contributed by atoms with Gasteiger partial charge >= 0.3 is 0 Å². The van der Waals surface area contributed by atoms with E-state index in [-0.39, 0.29) is 0 Å². The number of pyridine rings is 1. The van der Waals surface area contributed by atoms with E-state index in [1.54, 1.807) is 0 Å². The minimum atomic E-state index is 0.329. The fraction of sp³-hybridized carbons (Fsp3) is 0.250. The minimum Gasteiger partial charge on any atom is -0.388 e. The molecule has 0 saturated carbocycles. The lowest BCUT2D eigenvalue weighted by Gasteiger charge is -2.28. The van der Waals surface area contributed by atoms with Gasteiger partial charge in [0.1, 0.15) is 10.8 Å². The van der Waals surface area contributed by atoms with E-state index in [1.165, 1.54) is 5.56 Å². The van der Waals surface area contributed by atoms with E-state index in [0.29, 0.717) is 16.7 Å². The Morgan fingerprint density at radius 3 is 2.45 bits per heavy atom. The van der Waals surface area contributed by atoms with Gasteiger partial charge in [-0.3, -0.25) is 0 Å². The summed E-state index contributed by atoms with van der Waals surface area (Å²) in [4.78, 5) is 7.11. The Morgan fingerprint density at radius 2 is 1.85 bits per heavy atom. The first-order valence-corrected chi connectivity index (χ1v) is 7.06. The van der Waals surface area contributed by atoms with E-state index in [1.807, 2.05) is 36.4 Å². The highest BCUT2D eigenvalue weighted by Gasteiger charge is 2.13. The smallest absolute Gasteiger partial charge is 0.129 e. The fourth-order valence-electron chi connectivity index (χ4n) is 2.03. The average Bonchev–Trinajstić information content (AvgIpc) is 2.45. The molecule has 2 rings (SSSR count). The lowest BCUT2D eigenvalue weighted by molar-refractivity contribution is 0.672. The Kier molecular flexibility index (Phi) is 4.69. The number of nitrogens with two attached hydrogens (primary N) is 1. The zero-order valence-electron chi connectivity index (χ0n) is 11.8. The normalized spacial score (nSPS) is 10.6. The maximum absolute atomic E-state index is 5.66. The van der Waals surface area contributed by atoms with Crippen LogP contribution in [0.25, 0.3) is 0 Å². The van der Waals surface area contributed by atoms with Gasteiger partial charge in [0.05, 0.1) is 5.69 Å². The molecule has 0 aliphatic heterocycles. The van der Waals surface area contributed by atoms with E-state index in [0.717, 1.165) is 12.4 Å². The molecule has 104 valence electrons. The van der Waals surface area contributed by atoms with Gasteiger partial charge in [0.25, 0.3) is 0 Å². The summed E-state index contributed by atoms with van der Waals surface area (Å²) in [5.41, 5.74) is 7.58. The number of nitrogens with zero attached hydrogens (tertiary/aromatic N) is 2. The molecular weight excluding hydrogens is 266 g/mol. The molecule has 0 bridgehead atoms. The number of thiocarbonyl (C=S) groups is 1. The standard InChI is InChI=1S/C16H19N3S/c1-12(2)19(11-13-7-4-3-5-8-13)15-10-6-9-14(18-15)16(17)20/h3-10,12H,11H2,1-2H3,(H2,17,20). The molecule has 0 saturated heterocycles. The lowest BCUT2D eigenvalue weighted by Crippen LogP contribution is -2.31. The topological polar surface area (TPSA) is 42.1 Å². The number of rotatable bonds is 5. The van der Waals surface area contributed by atoms with Gasteiger partial charge in [0.15, 0.2) is 0 Å². The number of aromatic nitrogens is 1. The van der Waals surface area contributed by atoms with Gasteiger partial charge in [-0.15, -0.1) is 0 Å². The molecule has 0 spiro atoms. The van der Waals surface area contributed by atoms with E-state index < -0.39 is 0 Å². The summed E-state index contributed by atoms with van der Waals surface area (Å²) in [6.07, 6.45) is 0. The molecule has 2 aromatic rings. The number of anilines is 1. The summed E-state index contributed by atoms with van der Waals surface area (Å²) in [5.74, 6) is 0.897. The molecule has 20 heavy (non-hydrogen) atoms. The van der Waals surface area contributed by atoms with Crippen LogP contribution in [0.2, 0.25) is 0 Å². The molecule has 1 aromatic carbocycles. The molecular formula is C16H19N3S. The molecule has 0 radical (unpaired) electrons. The van der Waals surface area contributed by atoms with E-state index >= 15 is 0 Å². The van der Waals surface area contributed by atoms with E-state index in [9.17, 15) is 0 Å². The van der Waals surface area contributed by atoms with Crippen molar-refractivity contribution in [3.8, 4) is 0 Å². The largest absolute Gasteiger partial charge is 0.388 e. The fourth-order valence-corrected chi connectivity index (χ4v) is 2.14. The molecule has 0 unspecified atom stereocenters. The third-order valence-corrected chi connectivity index (χ3v) is 3.31. The van der Waals surface area contributed by atoms with E-state index in [4.69, 9.17) is 18.0 Å². The minimum absolute atomic E-state index is 0.329. The van der Waals surface area contributed by atoms with Crippen LogP contribution < -0.4 is 10.6 Å². The Bertz CT molecular complexity index is 581. The third kappa shape index (κ3) is 3.54. The summed E-state index contributed by atoms with van der Waals surface area (Å²) in [6, 6.07) is 16.5. The zero-order chi connectivity index (χ0) is 14.5. The monoisotopic (exact) mass is 285 g/mol. The van der Waals surface area contributed by atoms with Gasteiger partial charge in [-0.2, -0.15) is 0 Å². The van der Waals surface area contributed by atoms with Crippen molar-refractivity contribution in [2.75, 3.05) is 4.90 Å². The molecule has 1 heterocycles. The van der Waals surface area contributed by atoms with Gasteiger partial charge in [-0.25, -0.2) is 4.98 Å². The molecule has 1 aromatic heterocycles. The molecule has 2 N–H and O–H groups in total. The quantitative estimate of drug-likeness (QED) is 0.857. The Balaban J connectivity index is 2.29. The second-order valence-corrected chi connectivity index (χ2v) is 5.39. The first-order chi connectivity index (χ1) is 9.58. The lowest BCUT2D eigenvalue weighted by atomic mass is 10.2. The van der Waals surface area contributed by atoms with Crippen molar-refractivity contribution in [1.29, 1.82) is 0 Å². The maximum Gasteiger partial charge on any atom is 0.129 e. The second kappa shape index (κ2) is 6.48. The highest BCUT2D eigenvalue weighted by Crippen LogP contribution is 2.18. The first-order valence-electron chi connectivity index (χ1n) is 6.65. The van der Waals surface area contributed by atoms with Crippen molar-refractivity contribution in [3.05, 3.63) is 59.8 Å². The number of benzene rings is 1. The van der Waals surface area contributed by atoms with Crippen LogP contribution in [0.1, 0.15) is 25.1 Å². The third-order valence-electron chi connectivity index (χ3n) is 3.10. The number of hydrogen-bond acceptors (Lipinski definition) is 3. The van der Waals surface area contributed by atoms with Crippen LogP contribution in [0.15, 0.2) is 48.5 Å². The van der Waals surface area contributed by atoms with Gasteiger partial charge < -0.3 is 10.6 Å². The average molecular weight is 285 g/mol. The summed E-state index contributed by atoms with van der Waals surface area (Å²) in [5, 5.41) is 0. The van der Waals surface area contributed by atoms with Crippen LogP contribution in [0, 0.1) is 0 Å². The molecule has 0 atom stereocenters. The van der Waals surface area contributed by atoms with Crippen LogP contribution >= 0.6 is 12.2 Å². The van der Waals surface area contributed by atoms with Crippen molar-refractivity contribution >= 4 is 23.0 Å². The van der Waals surface area contributed by atoms with Crippen molar-refractivity contribution < 1.29 is 0 Å². The summed E-state index contributed by atoms with van der Waals surface area (Å²) in [7, 11) is 0. The Hall–Kier alpha value is -1.94. The summed E-state index contributed by atoms with van der Waals surface area (Å²) in [6.45, 7) is 5.11. The zero-order valence-corrected chi connectivity index (χ0v) is 12.6. The van der Waals surface area contributed by atoms with Crippen LogP contribution in [0.3, 0.4) is 0 Å². The van der Waals surface area contributed by atoms with Gasteiger partial charge in [0.2, 0.25) is 0 Å². The first kappa shape index (κ1) is 14.5. The van der Waals surface area contributed by atoms with Gasteiger partial charge in [-0.05, 0) is 31.5 Å². The summed E-state index contributed by atoms with van der Waals surface area (Å²) < 4.78 is 0. The summed E-state index contributed by atoms with van der Waals surface area (Å²) >= 11 is 5.00. The predicted octanol–water partition coefficient (Wildman–Crippen LogP) is 3.13. The Labute approximate surface area is 125 Å². The highest BCUT2D eigenvalue weighted by molar-refractivity contribution is 7.80. The van der Waals surface area contributed by atoms with Crippen LogP contribution in [0.5, 0.6) is 0 Å². The maximum atomic E-state index is 5.66. The van der Waals surface area contributed by atoms with Crippen LogP contribution in [-0.2, 0) is 6.54 Å². The molecule has 0 amide bonds. The number of hydrogen-bond donors (Lipinski definition) is 1. The highest BCUT2D eigenvalue weighted by atomic mass is 32.1. The molecule has 4 heteroatoms. The van der Waals surface area contributed by atoms with Crippen LogP contribution in [0.4, 0.5) is 5.82 Å². The molecule has 0 aliphatic rings. The second-order valence-electron chi connectivity index (χ2n) is 4.95. The van der Waals surface area contributed by atoms with Gasteiger partial charge in [-0.1, -0.05) is 48.6 Å². The molecule has 0 aliphatic carbocycles. The van der Waals surface area contributed by atoms with Crippen molar-refractivity contribution in [1.82, 2.24) is 4.98 Å². The van der Waals surface area contributed by atoms with Crippen molar-refractivity contribution in [3.63, 3.8) is 0 Å².